The SMILES string of the molecule is CC1(C)C(/C=C/C=C/C=C2\N(CCCCCC(=O)NCCCCNc3c(NCCCOc4cccc(CN5CCCCC5)c4)c(=O)c3=O)c3cc(S(=O)(=O)O)ccc3C2(C)C)=[N+](CCCCS(=O)(=O)[O-])c2ccccc21.O=C(O)C(F)(F)F.O=C(O)C(F)(F)F. The van der Waals surface area contributed by atoms with Crippen LogP contribution in [0.5, 0.6) is 5.75 Å². The number of benzene rings is 3. The molecule has 494 valence electrons. The number of nitrogens with one attached hydrogen (secondary N) is 3. The van der Waals surface area contributed by atoms with Crippen LogP contribution in [-0.2, 0) is 52.0 Å². The molecule has 0 saturated carbocycles. The number of nitrogens with zero attached hydrogens (tertiary/aromatic N) is 3. The minimum atomic E-state index is -5.08. The molecule has 6 N–H and O–H groups in total. The first-order valence-electron chi connectivity index (χ1n) is 29.4. The van der Waals surface area contributed by atoms with E-state index in [4.69, 9.17) is 24.5 Å². The minimum absolute atomic E-state index is 0.0545. The zero-order valence-electron chi connectivity index (χ0n) is 50.6. The fourth-order valence-corrected chi connectivity index (χ4v) is 11.7. The molecule has 20 nitrogen and oxygen atoms in total. The summed E-state index contributed by atoms with van der Waals surface area (Å²) < 4.78 is 140. The molecule has 0 radical (unpaired) electrons. The summed E-state index contributed by atoms with van der Waals surface area (Å²) in [7, 11) is -8.75. The van der Waals surface area contributed by atoms with E-state index < -0.39 is 66.6 Å². The van der Waals surface area contributed by atoms with Gasteiger partial charge in [0.2, 0.25) is 11.6 Å². The lowest BCUT2D eigenvalue weighted by molar-refractivity contribution is -0.438. The fourth-order valence-electron chi connectivity index (χ4n) is 10.7. The van der Waals surface area contributed by atoms with Crippen molar-refractivity contribution in [2.75, 3.05) is 73.7 Å². The molecule has 0 bridgehead atoms. The Morgan fingerprint density at radius 2 is 1.33 bits per heavy atom. The monoisotopic (exact) mass is 1310 g/mol. The van der Waals surface area contributed by atoms with Gasteiger partial charge in [-0.05, 0) is 120 Å². The smallest absolute Gasteiger partial charge is 0.490 e. The largest absolute Gasteiger partial charge is 0.748 e. The van der Waals surface area contributed by atoms with Crippen LogP contribution < -0.4 is 36.4 Å². The van der Waals surface area contributed by atoms with E-state index in [0.29, 0.717) is 101 Å². The molecule has 1 saturated heterocycles. The van der Waals surface area contributed by atoms with Gasteiger partial charge in [-0.1, -0.05) is 81.3 Å². The van der Waals surface area contributed by atoms with Gasteiger partial charge in [-0.25, -0.2) is 18.0 Å². The van der Waals surface area contributed by atoms with Crippen LogP contribution in [0.15, 0.2) is 117 Å². The maximum absolute atomic E-state index is 12.8. The van der Waals surface area contributed by atoms with Crippen LogP contribution in [0.25, 0.3) is 0 Å². The van der Waals surface area contributed by atoms with Crippen LogP contribution in [0.3, 0.4) is 0 Å². The predicted octanol–water partition coefficient (Wildman–Crippen LogP) is 9.73. The Labute approximate surface area is 519 Å². The number of aliphatic carboxylic acids is 2. The van der Waals surface area contributed by atoms with Gasteiger partial charge in [0.05, 0.1) is 27.0 Å². The van der Waals surface area contributed by atoms with Crippen LogP contribution in [0.1, 0.15) is 121 Å². The van der Waals surface area contributed by atoms with Crippen LogP contribution in [0, 0.1) is 0 Å². The summed E-state index contributed by atoms with van der Waals surface area (Å²) in [6.07, 6.45) is 8.86. The highest BCUT2D eigenvalue weighted by molar-refractivity contribution is 7.86. The van der Waals surface area contributed by atoms with Crippen LogP contribution in [-0.4, -0.2) is 140 Å². The summed E-state index contributed by atoms with van der Waals surface area (Å²) in [6.45, 7) is 14.7. The fraction of sp³-hybridized carbons (Fsp3) is 0.484. The number of allylic oxidation sites excluding steroid dienone is 6. The van der Waals surface area contributed by atoms with Gasteiger partial charge in [0.25, 0.3) is 21.0 Å². The van der Waals surface area contributed by atoms with Gasteiger partial charge in [0.1, 0.15) is 23.7 Å². The number of halogens is 6. The van der Waals surface area contributed by atoms with Gasteiger partial charge in [-0.15, -0.1) is 0 Å². The number of carbonyl (C=O) groups excluding carboxylic acids is 1. The molecule has 0 spiro atoms. The number of hydrogen-bond acceptors (Lipinski definition) is 15. The average Bonchev–Trinajstić information content (AvgIpc) is 1.58. The van der Waals surface area contributed by atoms with Crippen LogP contribution in [0.4, 0.5) is 49.1 Å². The highest BCUT2D eigenvalue weighted by Gasteiger charge is 2.44. The van der Waals surface area contributed by atoms with Crippen molar-refractivity contribution in [3.8, 4) is 5.75 Å². The Morgan fingerprint density at radius 1 is 0.711 bits per heavy atom. The van der Waals surface area contributed by atoms with Gasteiger partial charge < -0.3 is 40.4 Å². The summed E-state index contributed by atoms with van der Waals surface area (Å²) in [4.78, 5) is 59.7. The lowest BCUT2D eigenvalue weighted by atomic mass is 9.81. The van der Waals surface area contributed by atoms with E-state index >= 15 is 0 Å². The minimum Gasteiger partial charge on any atom is -0.748 e. The van der Waals surface area contributed by atoms with Gasteiger partial charge in [0, 0.05) is 85.8 Å². The van der Waals surface area contributed by atoms with Crippen molar-refractivity contribution < 1.29 is 86.2 Å². The zero-order chi connectivity index (χ0) is 66.7. The molecule has 0 aliphatic carbocycles. The van der Waals surface area contributed by atoms with Crippen molar-refractivity contribution in [2.45, 2.75) is 139 Å². The highest BCUT2D eigenvalue weighted by Crippen LogP contribution is 2.49. The predicted molar refractivity (Wildman–Crippen MR) is 328 cm³/mol. The number of carboxylic acid groups (broad SMARTS) is 2. The number of alkyl halides is 6. The second-order valence-electron chi connectivity index (χ2n) is 22.8. The molecule has 3 heterocycles. The zero-order valence-corrected chi connectivity index (χ0v) is 52.2. The number of unbranched alkanes of at least 4 members (excludes halogenated alkanes) is 4. The molecule has 0 aromatic heterocycles. The van der Waals surface area contributed by atoms with Crippen molar-refractivity contribution in [3.63, 3.8) is 0 Å². The number of likely N-dealkylation sites (tertiary alicyclic amines) is 1. The number of para-hydroxylation sites is 1. The molecule has 7 rings (SSSR count). The molecule has 0 atom stereocenters. The normalized spacial score (nSPS) is 16.1. The molecule has 0 unspecified atom stereocenters. The molecule has 90 heavy (non-hydrogen) atoms. The van der Waals surface area contributed by atoms with E-state index in [-0.39, 0.29) is 22.6 Å². The summed E-state index contributed by atoms with van der Waals surface area (Å²) in [5.41, 5.74) is 5.77. The van der Waals surface area contributed by atoms with E-state index in [9.17, 15) is 66.7 Å². The maximum Gasteiger partial charge on any atom is 0.490 e. The van der Waals surface area contributed by atoms with Crippen molar-refractivity contribution in [2.24, 2.45) is 0 Å². The summed E-state index contributed by atoms with van der Waals surface area (Å²) >= 11 is 0. The Hall–Kier alpha value is -7.40. The van der Waals surface area contributed by atoms with Crippen molar-refractivity contribution >= 4 is 66.5 Å². The molecule has 4 aromatic rings. The number of piperidine rings is 1. The lowest BCUT2D eigenvalue weighted by Crippen LogP contribution is -2.38. The second kappa shape index (κ2) is 32.6. The number of rotatable bonds is 29. The highest BCUT2D eigenvalue weighted by atomic mass is 32.2. The van der Waals surface area contributed by atoms with E-state index in [0.717, 1.165) is 60.0 Å². The Kier molecular flexibility index (Phi) is 26.5. The molecule has 1 amide bonds. The second-order valence-corrected chi connectivity index (χ2v) is 25.7. The van der Waals surface area contributed by atoms with E-state index in [1.807, 2.05) is 48.6 Å². The quantitative estimate of drug-likeness (QED) is 0.00736. The number of amides is 1. The Morgan fingerprint density at radius 3 is 1.96 bits per heavy atom. The molecule has 1 fully saturated rings. The first-order chi connectivity index (χ1) is 42.1. The van der Waals surface area contributed by atoms with Gasteiger partial charge in [-0.3, -0.25) is 23.8 Å². The van der Waals surface area contributed by atoms with E-state index in [2.05, 4.69) is 88.4 Å². The first-order valence-corrected chi connectivity index (χ1v) is 32.4. The summed E-state index contributed by atoms with van der Waals surface area (Å²) in [6, 6.07) is 21.0. The third kappa shape index (κ3) is 21.6. The third-order valence-electron chi connectivity index (χ3n) is 15.3. The molecule has 3 aliphatic rings. The third-order valence-corrected chi connectivity index (χ3v) is 16.9. The van der Waals surface area contributed by atoms with Crippen LogP contribution >= 0.6 is 0 Å². The van der Waals surface area contributed by atoms with Gasteiger partial charge >= 0.3 is 24.3 Å². The first kappa shape index (κ1) is 73.3. The van der Waals surface area contributed by atoms with E-state index in [1.165, 1.54) is 37.0 Å². The Bertz CT molecular complexity index is 3550. The lowest BCUT2D eigenvalue weighted by Gasteiger charge is -2.27. The number of fused-ring (bicyclic) bond motifs is 2. The number of anilines is 3. The van der Waals surface area contributed by atoms with Crippen molar-refractivity contribution in [1.82, 2.24) is 10.2 Å². The summed E-state index contributed by atoms with van der Waals surface area (Å²) in [5.74, 6) is -5.14. The van der Waals surface area contributed by atoms with Gasteiger partial charge in [0.15, 0.2) is 5.71 Å². The topological polar surface area (TPSA) is 292 Å². The molecule has 28 heteroatoms. The number of hydrogen-bond donors (Lipinski definition) is 6. The average molecular weight is 1310 g/mol. The molecule has 4 aromatic carbocycles. The number of carboxylic acids is 2. The standard InChI is InChI=1S/C58H76N6O10S2.2C2HF3O2/c1-57(2)46-24-11-12-25-48(46)63(37-18-19-39-75(68,69)70)50(57)26-8-5-9-27-51-58(3,4)47-30-29-45(76(71,72)73)41-49(47)64(51)36-17-6-10-28-52(65)59-31-13-14-32-60-53-54(56(67)55(53)66)61-33-21-38-74-44-23-20-22-43(40-44)42-62-34-15-7-16-35-62;2*3-2(4,5)1(6)7/h5,8-9,11-12,20,22-27,29-30,40-41H,6-7,10,13-19,21,28,31-39,42H2,1-4H3,(H4-,59,60,61,65,66,67,68,69,70,71,72,73);2*(H,6,7). The Balaban J connectivity index is 0.000000940. The summed E-state index contributed by atoms with van der Waals surface area (Å²) in [5, 5.41) is 23.4. The van der Waals surface area contributed by atoms with Crippen molar-refractivity contribution in [3.05, 3.63) is 140 Å². The van der Waals surface area contributed by atoms with Crippen molar-refractivity contribution in [1.29, 1.82) is 0 Å². The maximum atomic E-state index is 12.8. The van der Waals surface area contributed by atoms with Gasteiger partial charge in [-0.2, -0.15) is 39.3 Å². The molecule has 3 aliphatic heterocycles. The number of ether oxygens (including phenoxy) is 1. The molecular formula is C62H78F6N6O14S2. The number of carbonyl (C=O) groups is 3. The molecular weight excluding hydrogens is 1230 g/mol. The van der Waals surface area contributed by atoms with E-state index in [1.54, 1.807) is 6.07 Å². The van der Waals surface area contributed by atoms with Crippen LogP contribution in [0.2, 0.25) is 0 Å².